The Morgan fingerprint density at radius 2 is 1.57 bits per heavy atom. The second-order valence-corrected chi connectivity index (χ2v) is 8.47. The zero-order chi connectivity index (χ0) is 15.7. The van der Waals surface area contributed by atoms with Crippen LogP contribution in [-0.4, -0.2) is 0 Å². The second kappa shape index (κ2) is 9.90. The van der Waals surface area contributed by atoms with E-state index in [1.165, 1.54) is 77.0 Å². The van der Waals surface area contributed by atoms with Crippen molar-refractivity contribution < 1.29 is 0 Å². The summed E-state index contributed by atoms with van der Waals surface area (Å²) < 4.78 is 0. The smallest absolute Gasteiger partial charge is 0.0264 e. The molecule has 0 radical (unpaired) electrons. The van der Waals surface area contributed by atoms with Gasteiger partial charge in [-0.1, -0.05) is 79.6 Å². The van der Waals surface area contributed by atoms with E-state index in [4.69, 9.17) is 0 Å². The van der Waals surface area contributed by atoms with Gasteiger partial charge >= 0.3 is 0 Å². The third-order valence-electron chi connectivity index (χ3n) is 6.02. The van der Waals surface area contributed by atoms with Crippen LogP contribution in [-0.2, 0) is 0 Å². The molecular weight excluding hydrogens is 252 g/mol. The predicted molar refractivity (Wildman–Crippen MR) is 96.7 cm³/mol. The molecule has 0 aromatic carbocycles. The lowest BCUT2D eigenvalue weighted by Gasteiger charge is -2.43. The zero-order valence-corrected chi connectivity index (χ0v) is 15.7. The molecular formula is C21H42. The first-order chi connectivity index (χ1) is 10.0. The van der Waals surface area contributed by atoms with Gasteiger partial charge in [-0.3, -0.25) is 0 Å². The van der Waals surface area contributed by atoms with Gasteiger partial charge in [0.25, 0.3) is 0 Å². The average molecular weight is 295 g/mol. The van der Waals surface area contributed by atoms with Gasteiger partial charge in [-0.15, -0.1) is 0 Å². The fourth-order valence-corrected chi connectivity index (χ4v) is 4.92. The summed E-state index contributed by atoms with van der Waals surface area (Å²) in [5, 5.41) is 0. The van der Waals surface area contributed by atoms with Gasteiger partial charge in [0, 0.05) is 0 Å². The normalized spacial score (nSPS) is 20.9. The van der Waals surface area contributed by atoms with Gasteiger partial charge in [-0.25, -0.2) is 0 Å². The van der Waals surface area contributed by atoms with Gasteiger partial charge in [0.15, 0.2) is 0 Å². The second-order valence-electron chi connectivity index (χ2n) is 8.47. The molecule has 1 rings (SSSR count). The maximum Gasteiger partial charge on any atom is -0.0264 e. The largest absolute Gasteiger partial charge is 0.0654 e. The predicted octanol–water partition coefficient (Wildman–Crippen LogP) is 7.62. The summed E-state index contributed by atoms with van der Waals surface area (Å²) in [6.45, 7) is 12.1. The maximum atomic E-state index is 2.50. The molecule has 1 aliphatic carbocycles. The van der Waals surface area contributed by atoms with Crippen LogP contribution in [0.25, 0.3) is 0 Å². The Balaban J connectivity index is 2.78. The number of hydrogen-bond donors (Lipinski definition) is 0. The van der Waals surface area contributed by atoms with Crippen LogP contribution >= 0.6 is 0 Å². The Morgan fingerprint density at radius 3 is 2.10 bits per heavy atom. The van der Waals surface area contributed by atoms with Crippen LogP contribution in [0.2, 0.25) is 0 Å². The van der Waals surface area contributed by atoms with E-state index in [0.29, 0.717) is 5.41 Å². The SMILES string of the molecule is CCCCCCC(CC(C)C)(CC(C)CC)C1CCCC1. The number of unbranched alkanes of at least 4 members (excludes halogenated alkanes) is 3. The molecule has 0 spiro atoms. The highest BCUT2D eigenvalue weighted by Gasteiger charge is 2.40. The first-order valence-electron chi connectivity index (χ1n) is 10.0. The van der Waals surface area contributed by atoms with Crippen molar-refractivity contribution in [3.63, 3.8) is 0 Å². The van der Waals surface area contributed by atoms with Gasteiger partial charge in [0.2, 0.25) is 0 Å². The number of rotatable bonds is 11. The molecule has 0 aromatic rings. The minimum absolute atomic E-state index is 0.674. The molecule has 0 heteroatoms. The third kappa shape index (κ3) is 6.33. The quantitative estimate of drug-likeness (QED) is 0.344. The van der Waals surface area contributed by atoms with Crippen LogP contribution in [0.3, 0.4) is 0 Å². The highest BCUT2D eigenvalue weighted by Crippen LogP contribution is 2.51. The summed E-state index contributed by atoms with van der Waals surface area (Å²) in [4.78, 5) is 0. The van der Waals surface area contributed by atoms with E-state index in [0.717, 1.165) is 17.8 Å². The molecule has 126 valence electrons. The molecule has 0 bridgehead atoms. The van der Waals surface area contributed by atoms with Gasteiger partial charge in [-0.05, 0) is 55.3 Å². The van der Waals surface area contributed by atoms with Crippen molar-refractivity contribution in [2.24, 2.45) is 23.2 Å². The van der Waals surface area contributed by atoms with Crippen molar-refractivity contribution in [1.29, 1.82) is 0 Å². The van der Waals surface area contributed by atoms with Crippen LogP contribution in [0.1, 0.15) is 112 Å². The average Bonchev–Trinajstić information content (AvgIpc) is 2.97. The highest BCUT2D eigenvalue weighted by atomic mass is 14.5. The Labute approximate surface area is 135 Å². The van der Waals surface area contributed by atoms with Crippen LogP contribution in [0.4, 0.5) is 0 Å². The molecule has 0 heterocycles. The van der Waals surface area contributed by atoms with Crippen LogP contribution in [0.15, 0.2) is 0 Å². The minimum Gasteiger partial charge on any atom is -0.0654 e. The summed E-state index contributed by atoms with van der Waals surface area (Å²) >= 11 is 0. The lowest BCUT2D eigenvalue weighted by atomic mass is 9.62. The molecule has 21 heavy (non-hydrogen) atoms. The van der Waals surface area contributed by atoms with Crippen molar-refractivity contribution in [2.75, 3.05) is 0 Å². The fraction of sp³-hybridized carbons (Fsp3) is 1.00. The van der Waals surface area contributed by atoms with Crippen LogP contribution in [0.5, 0.6) is 0 Å². The van der Waals surface area contributed by atoms with E-state index in [9.17, 15) is 0 Å². The molecule has 0 aromatic heterocycles. The molecule has 1 fully saturated rings. The van der Waals surface area contributed by atoms with Crippen molar-refractivity contribution in [3.05, 3.63) is 0 Å². The molecule has 1 saturated carbocycles. The topological polar surface area (TPSA) is 0 Å². The third-order valence-corrected chi connectivity index (χ3v) is 6.02. The Morgan fingerprint density at radius 1 is 0.905 bits per heavy atom. The van der Waals surface area contributed by atoms with E-state index < -0.39 is 0 Å². The van der Waals surface area contributed by atoms with Crippen molar-refractivity contribution in [1.82, 2.24) is 0 Å². The van der Waals surface area contributed by atoms with Gasteiger partial charge in [-0.2, -0.15) is 0 Å². The molecule has 2 unspecified atom stereocenters. The Hall–Kier alpha value is 0. The van der Waals surface area contributed by atoms with E-state index in [-0.39, 0.29) is 0 Å². The summed E-state index contributed by atoms with van der Waals surface area (Å²) in [6, 6.07) is 0. The molecule has 0 saturated heterocycles. The van der Waals surface area contributed by atoms with Crippen molar-refractivity contribution >= 4 is 0 Å². The van der Waals surface area contributed by atoms with E-state index in [1.54, 1.807) is 0 Å². The zero-order valence-electron chi connectivity index (χ0n) is 15.7. The summed E-state index contributed by atoms with van der Waals surface area (Å²) in [5.74, 6) is 2.81. The van der Waals surface area contributed by atoms with Gasteiger partial charge in [0.1, 0.15) is 0 Å². The first kappa shape index (κ1) is 19.0. The molecule has 0 nitrogen and oxygen atoms in total. The lowest BCUT2D eigenvalue weighted by molar-refractivity contribution is 0.0736. The summed E-state index contributed by atoms with van der Waals surface area (Å²) in [6.07, 6.45) is 17.6. The highest BCUT2D eigenvalue weighted by molar-refractivity contribution is 4.91. The van der Waals surface area contributed by atoms with Crippen LogP contribution < -0.4 is 0 Å². The summed E-state index contributed by atoms with van der Waals surface area (Å²) in [7, 11) is 0. The van der Waals surface area contributed by atoms with E-state index >= 15 is 0 Å². The van der Waals surface area contributed by atoms with Gasteiger partial charge in [0.05, 0.1) is 0 Å². The van der Waals surface area contributed by atoms with Crippen molar-refractivity contribution in [3.8, 4) is 0 Å². The molecule has 0 N–H and O–H groups in total. The van der Waals surface area contributed by atoms with Crippen molar-refractivity contribution in [2.45, 2.75) is 112 Å². The van der Waals surface area contributed by atoms with E-state index in [1.807, 2.05) is 0 Å². The standard InChI is InChI=1S/C21H42/c1-6-8-9-12-15-21(16-18(3)4,17-19(5)7-2)20-13-10-11-14-20/h18-20H,6-17H2,1-5H3. The first-order valence-corrected chi connectivity index (χ1v) is 10.0. The summed E-state index contributed by atoms with van der Waals surface area (Å²) in [5.41, 5.74) is 0.674. The molecule has 0 amide bonds. The molecule has 0 aliphatic heterocycles. The maximum absolute atomic E-state index is 2.50. The molecule has 1 aliphatic rings. The van der Waals surface area contributed by atoms with Gasteiger partial charge < -0.3 is 0 Å². The number of hydrogen-bond acceptors (Lipinski definition) is 0. The minimum atomic E-state index is 0.674. The monoisotopic (exact) mass is 294 g/mol. The fourth-order valence-electron chi connectivity index (χ4n) is 4.92. The Bertz CT molecular complexity index is 249. The van der Waals surface area contributed by atoms with E-state index in [2.05, 4.69) is 34.6 Å². The Kier molecular flexibility index (Phi) is 8.98. The van der Waals surface area contributed by atoms with Crippen LogP contribution in [0, 0.1) is 23.2 Å². The molecule has 2 atom stereocenters. The lowest BCUT2D eigenvalue weighted by Crippen LogP contribution is -2.33.